The van der Waals surface area contributed by atoms with Gasteiger partial charge in [-0.05, 0) is 55.5 Å². The van der Waals surface area contributed by atoms with E-state index in [1.54, 1.807) is 7.11 Å². The monoisotopic (exact) mass is 366 g/mol. The molecule has 144 valence electrons. The number of methoxy groups -OCH3 is 1. The summed E-state index contributed by atoms with van der Waals surface area (Å²) < 4.78 is 7.63. The molecule has 4 rings (SSSR count). The molecule has 0 atom stereocenters. The first-order chi connectivity index (χ1) is 13.3. The third-order valence-corrected chi connectivity index (χ3v) is 5.81. The Morgan fingerprint density at radius 3 is 2.67 bits per heavy atom. The van der Waals surface area contributed by atoms with Gasteiger partial charge in [-0.2, -0.15) is 0 Å². The van der Waals surface area contributed by atoms with Gasteiger partial charge in [0.15, 0.2) is 0 Å². The second-order valence-corrected chi connectivity index (χ2v) is 7.61. The molecule has 27 heavy (non-hydrogen) atoms. The summed E-state index contributed by atoms with van der Waals surface area (Å²) in [5.74, 6) is 3.31. The summed E-state index contributed by atoms with van der Waals surface area (Å²) in [5, 5.41) is 8.88. The van der Waals surface area contributed by atoms with Crippen molar-refractivity contribution in [3.05, 3.63) is 47.6 Å². The zero-order valence-corrected chi connectivity index (χ0v) is 16.4. The van der Waals surface area contributed by atoms with Crippen molar-refractivity contribution in [1.29, 1.82) is 0 Å². The van der Waals surface area contributed by atoms with Crippen molar-refractivity contribution >= 4 is 5.57 Å². The van der Waals surface area contributed by atoms with Gasteiger partial charge >= 0.3 is 0 Å². The first kappa shape index (κ1) is 18.2. The van der Waals surface area contributed by atoms with Crippen molar-refractivity contribution in [1.82, 2.24) is 19.7 Å². The first-order valence-corrected chi connectivity index (χ1v) is 10.3. The number of fused-ring (bicyclic) bond motifs is 1. The van der Waals surface area contributed by atoms with Gasteiger partial charge in [0.1, 0.15) is 17.4 Å². The van der Waals surface area contributed by atoms with Gasteiger partial charge in [0.2, 0.25) is 0 Å². The normalized spacial score (nSPS) is 17.9. The van der Waals surface area contributed by atoms with Crippen LogP contribution in [0.5, 0.6) is 5.75 Å². The van der Waals surface area contributed by atoms with E-state index in [1.165, 1.54) is 42.0 Å². The molecule has 5 nitrogen and oxygen atoms in total. The molecule has 0 amide bonds. The number of rotatable bonds is 6. The second-order valence-electron chi connectivity index (χ2n) is 7.61. The molecule has 0 bridgehead atoms. The third-order valence-electron chi connectivity index (χ3n) is 5.81. The lowest BCUT2D eigenvalue weighted by Gasteiger charge is -2.26. The second kappa shape index (κ2) is 8.70. The van der Waals surface area contributed by atoms with Crippen LogP contribution in [-0.4, -0.2) is 46.4 Å². The maximum absolute atomic E-state index is 5.25. The van der Waals surface area contributed by atoms with Crippen molar-refractivity contribution < 1.29 is 4.74 Å². The van der Waals surface area contributed by atoms with Crippen molar-refractivity contribution in [2.75, 3.05) is 26.7 Å². The highest BCUT2D eigenvalue weighted by Crippen LogP contribution is 2.24. The van der Waals surface area contributed by atoms with Crippen LogP contribution in [0.25, 0.3) is 5.57 Å². The molecule has 0 aliphatic carbocycles. The van der Waals surface area contributed by atoms with Gasteiger partial charge in [-0.3, -0.25) is 4.90 Å². The van der Waals surface area contributed by atoms with E-state index in [2.05, 4.69) is 37.9 Å². The maximum Gasteiger partial charge on any atom is 0.133 e. The molecule has 1 aromatic carbocycles. The largest absolute Gasteiger partial charge is 0.497 e. The molecule has 2 aliphatic rings. The number of hydrogen-bond donors (Lipinski definition) is 0. The Kier molecular flexibility index (Phi) is 5.87. The topological polar surface area (TPSA) is 43.2 Å². The van der Waals surface area contributed by atoms with Crippen molar-refractivity contribution in [3.63, 3.8) is 0 Å². The van der Waals surface area contributed by atoms with Crippen LogP contribution in [-0.2, 0) is 19.4 Å². The molecule has 0 N–H and O–H groups in total. The van der Waals surface area contributed by atoms with Crippen LogP contribution >= 0.6 is 0 Å². The third kappa shape index (κ3) is 4.41. The summed E-state index contributed by atoms with van der Waals surface area (Å²) in [5.41, 5.74) is 2.78. The zero-order chi connectivity index (χ0) is 18.5. The van der Waals surface area contributed by atoms with Gasteiger partial charge in [0.05, 0.1) is 7.11 Å². The van der Waals surface area contributed by atoms with E-state index in [4.69, 9.17) is 4.74 Å². The van der Waals surface area contributed by atoms with Crippen molar-refractivity contribution in [2.24, 2.45) is 0 Å². The van der Waals surface area contributed by atoms with E-state index in [1.807, 2.05) is 12.1 Å². The van der Waals surface area contributed by atoms with E-state index >= 15 is 0 Å². The van der Waals surface area contributed by atoms with E-state index in [0.29, 0.717) is 0 Å². The molecule has 5 heteroatoms. The summed E-state index contributed by atoms with van der Waals surface area (Å²) in [6.45, 7) is 4.42. The molecule has 3 heterocycles. The lowest BCUT2D eigenvalue weighted by Crippen LogP contribution is -2.29. The molecule has 2 aliphatic heterocycles. The van der Waals surface area contributed by atoms with Crippen LogP contribution < -0.4 is 4.74 Å². The summed E-state index contributed by atoms with van der Waals surface area (Å²) in [4.78, 5) is 2.55. The minimum absolute atomic E-state index is 0.920. The molecule has 1 aromatic heterocycles. The van der Waals surface area contributed by atoms with Crippen molar-refractivity contribution in [2.45, 2.75) is 51.5 Å². The molecule has 0 radical (unpaired) electrons. The Morgan fingerprint density at radius 1 is 1.00 bits per heavy atom. The maximum atomic E-state index is 5.25. The Labute approximate surface area is 162 Å². The van der Waals surface area contributed by atoms with Crippen LogP contribution in [0.3, 0.4) is 0 Å². The molecular formula is C22H30N4O. The van der Waals surface area contributed by atoms with Gasteiger partial charge < -0.3 is 9.30 Å². The summed E-state index contributed by atoms with van der Waals surface area (Å²) >= 11 is 0. The fraction of sp³-hybridized carbons (Fsp3) is 0.545. The van der Waals surface area contributed by atoms with Gasteiger partial charge in [-0.25, -0.2) is 0 Å². The smallest absolute Gasteiger partial charge is 0.133 e. The van der Waals surface area contributed by atoms with E-state index in [9.17, 15) is 0 Å². The Hall–Kier alpha value is -2.14. The predicted octanol–water partition coefficient (Wildman–Crippen LogP) is 3.74. The molecule has 2 aromatic rings. The Morgan fingerprint density at radius 2 is 1.89 bits per heavy atom. The van der Waals surface area contributed by atoms with Gasteiger partial charge in [-0.1, -0.05) is 24.6 Å². The lowest BCUT2D eigenvalue weighted by molar-refractivity contribution is 0.296. The quantitative estimate of drug-likeness (QED) is 0.781. The van der Waals surface area contributed by atoms with E-state index in [-0.39, 0.29) is 0 Å². The van der Waals surface area contributed by atoms with Gasteiger partial charge in [-0.15, -0.1) is 10.2 Å². The van der Waals surface area contributed by atoms with Crippen molar-refractivity contribution in [3.8, 4) is 5.75 Å². The van der Waals surface area contributed by atoms with E-state index in [0.717, 1.165) is 57.6 Å². The molecule has 0 unspecified atom stereocenters. The molecule has 0 spiro atoms. The Balaban J connectivity index is 1.27. The highest BCUT2D eigenvalue weighted by atomic mass is 16.5. The summed E-state index contributed by atoms with van der Waals surface area (Å²) in [6.07, 6.45) is 10.6. The van der Waals surface area contributed by atoms with Crippen LogP contribution in [0.2, 0.25) is 0 Å². The highest BCUT2D eigenvalue weighted by Gasteiger charge is 2.16. The molecule has 0 fully saturated rings. The van der Waals surface area contributed by atoms with Crippen LogP contribution in [0.1, 0.15) is 49.3 Å². The average Bonchev–Trinajstić information content (AvgIpc) is 2.95. The van der Waals surface area contributed by atoms with Crippen LogP contribution in [0.4, 0.5) is 0 Å². The number of hydrogen-bond acceptors (Lipinski definition) is 4. The number of benzene rings is 1. The fourth-order valence-electron chi connectivity index (χ4n) is 4.17. The summed E-state index contributed by atoms with van der Waals surface area (Å²) in [6, 6.07) is 8.42. The van der Waals surface area contributed by atoms with Gasteiger partial charge in [0.25, 0.3) is 0 Å². The standard InChI is InChI=1S/C22H30N4O/c1-27-20-10-8-18(9-11-20)19-12-16-25(17-13-19)14-5-7-22-24-23-21-6-3-2-4-15-26(21)22/h8-12H,2-7,13-17H2,1H3. The SMILES string of the molecule is COc1ccc(C2=CCN(CCCc3nnc4n3CCCCC4)CC2)cc1. The number of ether oxygens (including phenoxy) is 1. The lowest BCUT2D eigenvalue weighted by atomic mass is 9.99. The zero-order valence-electron chi connectivity index (χ0n) is 16.4. The minimum atomic E-state index is 0.920. The van der Waals surface area contributed by atoms with Crippen LogP contribution in [0, 0.1) is 0 Å². The number of aryl methyl sites for hydroxylation is 2. The molecular weight excluding hydrogens is 336 g/mol. The average molecular weight is 367 g/mol. The predicted molar refractivity (Wildman–Crippen MR) is 108 cm³/mol. The highest BCUT2D eigenvalue weighted by molar-refractivity contribution is 5.67. The molecule has 0 saturated heterocycles. The van der Waals surface area contributed by atoms with E-state index < -0.39 is 0 Å². The van der Waals surface area contributed by atoms with Crippen LogP contribution in [0.15, 0.2) is 30.3 Å². The minimum Gasteiger partial charge on any atom is -0.497 e. The number of aromatic nitrogens is 3. The Bertz CT molecular complexity index is 778. The molecule has 0 saturated carbocycles. The first-order valence-electron chi connectivity index (χ1n) is 10.3. The summed E-state index contributed by atoms with van der Waals surface area (Å²) in [7, 11) is 1.71. The fourth-order valence-corrected chi connectivity index (χ4v) is 4.17. The van der Waals surface area contributed by atoms with Gasteiger partial charge in [0, 0.05) is 32.5 Å². The number of nitrogens with zero attached hydrogens (tertiary/aromatic N) is 4.